The van der Waals surface area contributed by atoms with Crippen LogP contribution in [0.25, 0.3) is 0 Å². The van der Waals surface area contributed by atoms with E-state index in [0.717, 1.165) is 0 Å². The van der Waals surface area contributed by atoms with Crippen molar-refractivity contribution in [3.63, 3.8) is 0 Å². The lowest BCUT2D eigenvalue weighted by Crippen LogP contribution is -2.37. The SMILES string of the molecule is CC(C)N(CC#N)C(=O)CCl. The van der Waals surface area contributed by atoms with Gasteiger partial charge in [-0.2, -0.15) is 5.26 Å². The Hall–Kier alpha value is -0.750. The van der Waals surface area contributed by atoms with E-state index in [1.165, 1.54) is 4.90 Å². The third-order valence-electron chi connectivity index (χ3n) is 1.30. The van der Waals surface area contributed by atoms with Crippen molar-refractivity contribution in [1.29, 1.82) is 5.26 Å². The van der Waals surface area contributed by atoms with Crippen LogP contribution in [0.5, 0.6) is 0 Å². The highest BCUT2D eigenvalue weighted by Crippen LogP contribution is 1.98. The molecule has 11 heavy (non-hydrogen) atoms. The molecule has 0 saturated heterocycles. The van der Waals surface area contributed by atoms with Gasteiger partial charge in [-0.05, 0) is 13.8 Å². The Morgan fingerprint density at radius 1 is 1.73 bits per heavy atom. The Kier molecular flexibility index (Phi) is 4.64. The molecular formula is C7H11ClN2O. The normalized spacial score (nSPS) is 9.36. The van der Waals surface area contributed by atoms with Crippen molar-refractivity contribution in [3.8, 4) is 6.07 Å². The van der Waals surface area contributed by atoms with Crippen LogP contribution in [-0.2, 0) is 4.79 Å². The molecule has 0 heterocycles. The lowest BCUT2D eigenvalue weighted by Gasteiger charge is -2.22. The summed E-state index contributed by atoms with van der Waals surface area (Å²) in [7, 11) is 0. The molecule has 0 aliphatic rings. The van der Waals surface area contributed by atoms with Crippen molar-refractivity contribution < 1.29 is 4.79 Å². The van der Waals surface area contributed by atoms with E-state index in [0.29, 0.717) is 0 Å². The molecule has 0 aliphatic carbocycles. The zero-order chi connectivity index (χ0) is 8.85. The molecule has 3 nitrogen and oxygen atoms in total. The van der Waals surface area contributed by atoms with Gasteiger partial charge in [-0.3, -0.25) is 4.79 Å². The molecule has 0 aliphatic heterocycles. The van der Waals surface area contributed by atoms with Gasteiger partial charge < -0.3 is 4.90 Å². The predicted molar refractivity (Wildman–Crippen MR) is 43.2 cm³/mol. The van der Waals surface area contributed by atoms with Crippen LogP contribution in [0, 0.1) is 11.3 Å². The minimum atomic E-state index is -0.191. The fourth-order valence-corrected chi connectivity index (χ4v) is 0.865. The van der Waals surface area contributed by atoms with Gasteiger partial charge in [-0.15, -0.1) is 11.6 Å². The molecule has 0 aromatic heterocycles. The van der Waals surface area contributed by atoms with Crippen LogP contribution in [0.2, 0.25) is 0 Å². The topological polar surface area (TPSA) is 44.1 Å². The highest BCUT2D eigenvalue weighted by Gasteiger charge is 2.14. The highest BCUT2D eigenvalue weighted by molar-refractivity contribution is 6.27. The molecule has 4 heteroatoms. The zero-order valence-electron chi connectivity index (χ0n) is 6.67. The van der Waals surface area contributed by atoms with Crippen molar-refractivity contribution in [1.82, 2.24) is 4.90 Å². The molecule has 0 unspecified atom stereocenters. The molecule has 0 aromatic carbocycles. The maximum absolute atomic E-state index is 11.0. The summed E-state index contributed by atoms with van der Waals surface area (Å²) in [5, 5.41) is 8.34. The number of carbonyl (C=O) groups is 1. The molecule has 0 aromatic rings. The summed E-state index contributed by atoms with van der Waals surface area (Å²) >= 11 is 5.33. The molecule has 0 N–H and O–H groups in total. The van der Waals surface area contributed by atoms with E-state index < -0.39 is 0 Å². The number of carbonyl (C=O) groups excluding carboxylic acids is 1. The third kappa shape index (κ3) is 3.24. The monoisotopic (exact) mass is 174 g/mol. The Bertz CT molecular complexity index is 174. The molecule has 62 valence electrons. The van der Waals surface area contributed by atoms with Crippen molar-refractivity contribution in [3.05, 3.63) is 0 Å². The minimum absolute atomic E-state index is 0.0425. The first kappa shape index (κ1) is 10.2. The van der Waals surface area contributed by atoms with Crippen molar-refractivity contribution in [2.24, 2.45) is 0 Å². The van der Waals surface area contributed by atoms with Gasteiger partial charge in [0.05, 0.1) is 6.07 Å². The minimum Gasteiger partial charge on any atom is -0.326 e. The Morgan fingerprint density at radius 3 is 2.55 bits per heavy atom. The Labute approximate surface area is 71.5 Å². The van der Waals surface area contributed by atoms with Crippen LogP contribution < -0.4 is 0 Å². The number of halogens is 1. The van der Waals surface area contributed by atoms with Crippen LogP contribution in [0.1, 0.15) is 13.8 Å². The highest BCUT2D eigenvalue weighted by atomic mass is 35.5. The third-order valence-corrected chi connectivity index (χ3v) is 1.53. The Balaban J connectivity index is 4.12. The predicted octanol–water partition coefficient (Wildman–Crippen LogP) is 0.986. The summed E-state index contributed by atoms with van der Waals surface area (Å²) in [4.78, 5) is 12.4. The number of nitrogens with zero attached hydrogens (tertiary/aromatic N) is 2. The first-order valence-electron chi connectivity index (χ1n) is 3.35. The molecule has 0 spiro atoms. The second-order valence-electron chi connectivity index (χ2n) is 2.41. The first-order chi connectivity index (χ1) is 5.13. The number of nitriles is 1. The van der Waals surface area contributed by atoms with Crippen LogP contribution in [0.4, 0.5) is 0 Å². The lowest BCUT2D eigenvalue weighted by atomic mass is 10.3. The average molecular weight is 175 g/mol. The van der Waals surface area contributed by atoms with Gasteiger partial charge in [0.15, 0.2) is 0 Å². The Morgan fingerprint density at radius 2 is 2.27 bits per heavy atom. The summed E-state index contributed by atoms with van der Waals surface area (Å²) in [6, 6.07) is 1.95. The van der Waals surface area contributed by atoms with Gasteiger partial charge in [0, 0.05) is 6.04 Å². The summed E-state index contributed by atoms with van der Waals surface area (Å²) in [6.07, 6.45) is 0. The van der Waals surface area contributed by atoms with E-state index in [1.54, 1.807) is 0 Å². The summed E-state index contributed by atoms with van der Waals surface area (Å²) in [5.41, 5.74) is 0. The van der Waals surface area contributed by atoms with E-state index in [1.807, 2.05) is 19.9 Å². The molecule has 0 bridgehead atoms. The van der Waals surface area contributed by atoms with Crippen molar-refractivity contribution in [2.45, 2.75) is 19.9 Å². The van der Waals surface area contributed by atoms with Gasteiger partial charge in [0.2, 0.25) is 5.91 Å². The largest absolute Gasteiger partial charge is 0.326 e. The number of rotatable bonds is 3. The van der Waals surface area contributed by atoms with Crippen LogP contribution >= 0.6 is 11.6 Å². The van der Waals surface area contributed by atoms with Crippen LogP contribution in [-0.4, -0.2) is 29.3 Å². The summed E-state index contributed by atoms with van der Waals surface area (Å²) < 4.78 is 0. The lowest BCUT2D eigenvalue weighted by molar-refractivity contribution is -0.129. The molecular weight excluding hydrogens is 164 g/mol. The second kappa shape index (κ2) is 4.97. The van der Waals surface area contributed by atoms with E-state index in [-0.39, 0.29) is 24.4 Å². The van der Waals surface area contributed by atoms with Gasteiger partial charge in [-0.25, -0.2) is 0 Å². The van der Waals surface area contributed by atoms with Crippen LogP contribution in [0.15, 0.2) is 0 Å². The molecule has 1 amide bonds. The summed E-state index contributed by atoms with van der Waals surface area (Å²) in [5.74, 6) is -0.247. The molecule has 0 rings (SSSR count). The number of hydrogen-bond donors (Lipinski definition) is 0. The molecule has 0 saturated carbocycles. The quantitative estimate of drug-likeness (QED) is 0.473. The number of hydrogen-bond acceptors (Lipinski definition) is 2. The van der Waals surface area contributed by atoms with Crippen LogP contribution in [0.3, 0.4) is 0 Å². The first-order valence-corrected chi connectivity index (χ1v) is 3.89. The fourth-order valence-electron chi connectivity index (χ4n) is 0.712. The fraction of sp³-hybridized carbons (Fsp3) is 0.714. The van der Waals surface area contributed by atoms with Gasteiger partial charge in [0.25, 0.3) is 0 Å². The second-order valence-corrected chi connectivity index (χ2v) is 2.67. The number of alkyl halides is 1. The average Bonchev–Trinajstić information content (AvgIpc) is 1.98. The van der Waals surface area contributed by atoms with Gasteiger partial charge in [-0.1, -0.05) is 0 Å². The van der Waals surface area contributed by atoms with Gasteiger partial charge >= 0.3 is 0 Å². The van der Waals surface area contributed by atoms with Gasteiger partial charge in [0.1, 0.15) is 12.4 Å². The molecule has 0 radical (unpaired) electrons. The smallest absolute Gasteiger partial charge is 0.238 e. The van der Waals surface area contributed by atoms with Crippen molar-refractivity contribution >= 4 is 17.5 Å². The van der Waals surface area contributed by atoms with E-state index in [9.17, 15) is 4.79 Å². The summed E-state index contributed by atoms with van der Waals surface area (Å²) in [6.45, 7) is 3.81. The van der Waals surface area contributed by atoms with E-state index >= 15 is 0 Å². The zero-order valence-corrected chi connectivity index (χ0v) is 7.43. The molecule has 0 fully saturated rings. The van der Waals surface area contributed by atoms with Crippen molar-refractivity contribution in [2.75, 3.05) is 12.4 Å². The molecule has 0 atom stereocenters. The maximum Gasteiger partial charge on any atom is 0.238 e. The number of amides is 1. The maximum atomic E-state index is 11.0. The van der Waals surface area contributed by atoms with E-state index in [4.69, 9.17) is 16.9 Å². The van der Waals surface area contributed by atoms with E-state index in [2.05, 4.69) is 0 Å². The standard InChI is InChI=1S/C7H11ClN2O/c1-6(2)10(4-3-9)7(11)5-8/h6H,4-5H2,1-2H3.